The standard InChI is InChI=1S/C23H23FN2O4S2/c1-23(2,21(28)29)32-22-25-17(14-31-22)12-13-30-19-10-8-18(9-11-19)26(3)20(27)15-4-6-16(24)7-5-15/h4-11,14H,12-13H2,1-3H3,(H,28,29). The van der Waals surface area contributed by atoms with E-state index >= 15 is 0 Å². The summed E-state index contributed by atoms with van der Waals surface area (Å²) in [6.45, 7) is 3.72. The van der Waals surface area contributed by atoms with Crippen molar-refractivity contribution in [3.63, 3.8) is 0 Å². The number of halogens is 1. The van der Waals surface area contributed by atoms with Crippen LogP contribution in [0.1, 0.15) is 29.9 Å². The zero-order valence-corrected chi connectivity index (χ0v) is 19.5. The lowest BCUT2D eigenvalue weighted by molar-refractivity contribution is -0.138. The summed E-state index contributed by atoms with van der Waals surface area (Å²) in [5.41, 5.74) is 1.94. The molecule has 3 rings (SSSR count). The van der Waals surface area contributed by atoms with Crippen LogP contribution in [0.25, 0.3) is 0 Å². The van der Waals surface area contributed by atoms with E-state index in [4.69, 9.17) is 4.74 Å². The van der Waals surface area contributed by atoms with Gasteiger partial charge in [-0.15, -0.1) is 11.3 Å². The number of carboxylic acids is 1. The Morgan fingerprint density at radius 1 is 1.16 bits per heavy atom. The number of carboxylic acid groups (broad SMARTS) is 1. The lowest BCUT2D eigenvalue weighted by atomic mass is 10.2. The van der Waals surface area contributed by atoms with Crippen LogP contribution in [-0.4, -0.2) is 40.4 Å². The maximum Gasteiger partial charge on any atom is 0.319 e. The zero-order chi connectivity index (χ0) is 23.3. The number of thioether (sulfide) groups is 1. The van der Waals surface area contributed by atoms with Gasteiger partial charge in [-0.1, -0.05) is 11.8 Å². The van der Waals surface area contributed by atoms with Crippen molar-refractivity contribution in [2.24, 2.45) is 0 Å². The predicted molar refractivity (Wildman–Crippen MR) is 124 cm³/mol. The molecule has 6 nitrogen and oxygen atoms in total. The monoisotopic (exact) mass is 474 g/mol. The summed E-state index contributed by atoms with van der Waals surface area (Å²) in [6, 6.07) is 12.5. The summed E-state index contributed by atoms with van der Waals surface area (Å²) in [6.07, 6.45) is 0.593. The van der Waals surface area contributed by atoms with E-state index in [9.17, 15) is 19.1 Å². The normalized spacial score (nSPS) is 11.2. The number of benzene rings is 2. The molecule has 32 heavy (non-hydrogen) atoms. The first-order valence-corrected chi connectivity index (χ1v) is 11.5. The molecule has 1 amide bonds. The van der Waals surface area contributed by atoms with Gasteiger partial charge in [-0.2, -0.15) is 0 Å². The lowest BCUT2D eigenvalue weighted by Gasteiger charge is -2.18. The van der Waals surface area contributed by atoms with Crippen LogP contribution in [0.15, 0.2) is 58.3 Å². The van der Waals surface area contributed by atoms with Gasteiger partial charge in [-0.05, 0) is 62.4 Å². The third kappa shape index (κ3) is 6.08. The number of carbonyl (C=O) groups is 2. The number of anilines is 1. The maximum atomic E-state index is 13.1. The SMILES string of the molecule is CN(C(=O)c1ccc(F)cc1)c1ccc(OCCc2csc(SC(C)(C)C(=O)O)n2)cc1. The summed E-state index contributed by atoms with van der Waals surface area (Å²) < 4.78 is 18.6. The Bertz CT molecular complexity index is 1080. The molecule has 0 fully saturated rings. The first kappa shape index (κ1) is 23.7. The number of rotatable bonds is 9. The van der Waals surface area contributed by atoms with Gasteiger partial charge in [0.25, 0.3) is 5.91 Å². The average molecular weight is 475 g/mol. The minimum Gasteiger partial charge on any atom is -0.493 e. The van der Waals surface area contributed by atoms with Crippen LogP contribution < -0.4 is 9.64 Å². The zero-order valence-electron chi connectivity index (χ0n) is 17.9. The molecule has 0 unspecified atom stereocenters. The molecular formula is C23H23FN2O4S2. The van der Waals surface area contributed by atoms with Gasteiger partial charge in [-0.3, -0.25) is 9.59 Å². The molecular weight excluding hydrogens is 451 g/mol. The molecule has 9 heteroatoms. The fourth-order valence-electron chi connectivity index (χ4n) is 2.65. The molecule has 0 saturated heterocycles. The molecule has 0 bridgehead atoms. The van der Waals surface area contributed by atoms with Gasteiger partial charge in [0.05, 0.1) is 12.3 Å². The van der Waals surface area contributed by atoms with Gasteiger partial charge in [0.2, 0.25) is 0 Å². The van der Waals surface area contributed by atoms with Gasteiger partial charge in [-0.25, -0.2) is 9.37 Å². The van der Waals surface area contributed by atoms with E-state index in [0.29, 0.717) is 34.4 Å². The molecule has 0 aliphatic carbocycles. The van der Waals surface area contributed by atoms with Gasteiger partial charge in [0.1, 0.15) is 16.3 Å². The molecule has 1 aromatic heterocycles. The number of thiazole rings is 1. The number of aliphatic carboxylic acids is 1. The number of amides is 1. The van der Waals surface area contributed by atoms with Gasteiger partial charge >= 0.3 is 5.97 Å². The molecule has 0 aliphatic heterocycles. The van der Waals surface area contributed by atoms with E-state index in [-0.39, 0.29) is 11.7 Å². The van der Waals surface area contributed by atoms with E-state index in [0.717, 1.165) is 5.69 Å². The van der Waals surface area contributed by atoms with Gasteiger partial charge < -0.3 is 14.7 Å². The fourth-order valence-corrected chi connectivity index (χ4v) is 4.88. The minimum atomic E-state index is -0.932. The van der Waals surface area contributed by atoms with Crippen LogP contribution >= 0.6 is 23.1 Å². The average Bonchev–Trinajstić information content (AvgIpc) is 3.20. The first-order valence-electron chi connectivity index (χ1n) is 9.79. The molecule has 0 saturated carbocycles. The quantitative estimate of drug-likeness (QED) is 0.433. The second-order valence-corrected chi connectivity index (χ2v) is 10.2. The Balaban J connectivity index is 1.51. The number of aromatic nitrogens is 1. The van der Waals surface area contributed by atoms with Crippen LogP contribution in [0.2, 0.25) is 0 Å². The smallest absolute Gasteiger partial charge is 0.319 e. The molecule has 168 valence electrons. The fraction of sp³-hybridized carbons (Fsp3) is 0.261. The van der Waals surface area contributed by atoms with Crippen LogP contribution in [0.4, 0.5) is 10.1 Å². The number of hydrogen-bond acceptors (Lipinski definition) is 6. The summed E-state index contributed by atoms with van der Waals surface area (Å²) in [7, 11) is 1.66. The van der Waals surface area contributed by atoms with E-state index < -0.39 is 10.7 Å². The number of nitrogens with zero attached hydrogens (tertiary/aromatic N) is 2. The molecule has 0 aliphatic rings. The summed E-state index contributed by atoms with van der Waals surface area (Å²) in [5, 5.41) is 11.1. The second kappa shape index (κ2) is 10.1. The highest BCUT2D eigenvalue weighted by Gasteiger charge is 2.29. The van der Waals surface area contributed by atoms with Crippen molar-refractivity contribution in [1.82, 2.24) is 4.98 Å². The molecule has 2 aromatic carbocycles. The second-order valence-electron chi connectivity index (χ2n) is 7.49. The van der Waals surface area contributed by atoms with Crippen molar-refractivity contribution in [2.45, 2.75) is 29.4 Å². The largest absolute Gasteiger partial charge is 0.493 e. The third-order valence-corrected chi connectivity index (χ3v) is 6.81. The highest BCUT2D eigenvalue weighted by atomic mass is 32.2. The molecule has 0 atom stereocenters. The highest BCUT2D eigenvalue weighted by molar-refractivity contribution is 8.02. The summed E-state index contributed by atoms with van der Waals surface area (Å²) in [5.74, 6) is -0.839. The third-order valence-electron chi connectivity index (χ3n) is 4.63. The molecule has 0 radical (unpaired) electrons. The van der Waals surface area contributed by atoms with Crippen molar-refractivity contribution < 1.29 is 23.8 Å². The molecule has 1 heterocycles. The van der Waals surface area contributed by atoms with Crippen LogP contribution in [0.3, 0.4) is 0 Å². The summed E-state index contributed by atoms with van der Waals surface area (Å²) >= 11 is 2.65. The Labute approximate surface area is 194 Å². The maximum absolute atomic E-state index is 13.1. The molecule has 1 N–H and O–H groups in total. The van der Waals surface area contributed by atoms with Crippen molar-refractivity contribution in [3.05, 3.63) is 71.0 Å². The topological polar surface area (TPSA) is 79.7 Å². The summed E-state index contributed by atoms with van der Waals surface area (Å²) in [4.78, 5) is 29.7. The Hall–Kier alpha value is -2.91. The van der Waals surface area contributed by atoms with Crippen LogP contribution in [0.5, 0.6) is 5.75 Å². The number of hydrogen-bond donors (Lipinski definition) is 1. The van der Waals surface area contributed by atoms with Crippen LogP contribution in [0, 0.1) is 5.82 Å². The van der Waals surface area contributed by atoms with Crippen molar-refractivity contribution >= 4 is 40.7 Å². The molecule has 3 aromatic rings. The van der Waals surface area contributed by atoms with Crippen molar-refractivity contribution in [3.8, 4) is 5.75 Å². The number of ether oxygens (including phenoxy) is 1. The van der Waals surface area contributed by atoms with Gasteiger partial charge in [0.15, 0.2) is 4.34 Å². The van der Waals surface area contributed by atoms with E-state index in [1.165, 1.54) is 52.3 Å². The van der Waals surface area contributed by atoms with Crippen LogP contribution in [-0.2, 0) is 11.2 Å². The first-order chi connectivity index (χ1) is 15.2. The lowest BCUT2D eigenvalue weighted by Crippen LogP contribution is -2.26. The number of carbonyl (C=O) groups excluding carboxylic acids is 1. The predicted octanol–water partition coefficient (Wildman–Crippen LogP) is 5.14. The molecule has 0 spiro atoms. The van der Waals surface area contributed by atoms with Crippen molar-refractivity contribution in [1.29, 1.82) is 0 Å². The Morgan fingerprint density at radius 3 is 2.44 bits per heavy atom. The van der Waals surface area contributed by atoms with E-state index in [1.807, 2.05) is 5.38 Å². The minimum absolute atomic E-state index is 0.234. The Morgan fingerprint density at radius 2 is 1.81 bits per heavy atom. The van der Waals surface area contributed by atoms with E-state index in [1.54, 1.807) is 45.2 Å². The van der Waals surface area contributed by atoms with E-state index in [2.05, 4.69) is 4.98 Å². The Kier molecular flexibility index (Phi) is 7.52. The van der Waals surface area contributed by atoms with Crippen molar-refractivity contribution in [2.75, 3.05) is 18.6 Å². The van der Waals surface area contributed by atoms with Gasteiger partial charge in [0, 0.05) is 30.1 Å². The highest BCUT2D eigenvalue weighted by Crippen LogP contribution is 2.34.